The second-order valence-electron chi connectivity index (χ2n) is 3.07. The van der Waals surface area contributed by atoms with Gasteiger partial charge in [-0.3, -0.25) is 0 Å². The first-order valence-electron chi connectivity index (χ1n) is 4.65. The fourth-order valence-corrected chi connectivity index (χ4v) is 1.40. The quantitative estimate of drug-likeness (QED) is 0.517. The van der Waals surface area contributed by atoms with Crippen LogP contribution in [0.5, 0.6) is 0 Å². The van der Waals surface area contributed by atoms with Crippen LogP contribution in [0.4, 0.5) is 0 Å². The molecule has 1 N–H and O–H groups in total. The lowest BCUT2D eigenvalue weighted by Gasteiger charge is -1.98. The molecule has 0 amide bonds. The summed E-state index contributed by atoms with van der Waals surface area (Å²) >= 11 is 11.6. The van der Waals surface area contributed by atoms with E-state index in [-0.39, 0.29) is 5.76 Å². The molecular weight excluding hydrogens is 263 g/mol. The van der Waals surface area contributed by atoms with Crippen molar-refractivity contribution in [2.75, 3.05) is 7.11 Å². The Morgan fingerprint density at radius 2 is 2.06 bits per heavy atom. The van der Waals surface area contributed by atoms with Gasteiger partial charge in [0.2, 0.25) is 5.76 Å². The summed E-state index contributed by atoms with van der Waals surface area (Å²) < 4.78 is 4.66. The van der Waals surface area contributed by atoms with E-state index in [2.05, 4.69) is 4.74 Å². The SMILES string of the molecule is CO/C(=C\C=C\c1ccc(Cl)c(Cl)c1)C(=O)O. The van der Waals surface area contributed by atoms with Gasteiger partial charge in [-0.1, -0.05) is 41.4 Å². The highest BCUT2D eigenvalue weighted by Crippen LogP contribution is 2.23. The summed E-state index contributed by atoms with van der Waals surface area (Å²) in [6.07, 6.45) is 4.61. The second kappa shape index (κ2) is 6.33. The van der Waals surface area contributed by atoms with Gasteiger partial charge in [0.05, 0.1) is 17.2 Å². The maximum atomic E-state index is 10.6. The third-order valence-electron chi connectivity index (χ3n) is 1.91. The predicted molar refractivity (Wildman–Crippen MR) is 68.2 cm³/mol. The van der Waals surface area contributed by atoms with Crippen molar-refractivity contribution in [2.45, 2.75) is 0 Å². The van der Waals surface area contributed by atoms with E-state index in [9.17, 15) is 4.79 Å². The molecule has 0 aliphatic heterocycles. The molecule has 3 nitrogen and oxygen atoms in total. The van der Waals surface area contributed by atoms with Gasteiger partial charge in [-0.15, -0.1) is 0 Å². The van der Waals surface area contributed by atoms with E-state index in [0.29, 0.717) is 10.0 Å². The Bertz CT molecular complexity index is 479. The van der Waals surface area contributed by atoms with Gasteiger partial charge >= 0.3 is 5.97 Å². The van der Waals surface area contributed by atoms with Gasteiger partial charge in [-0.25, -0.2) is 4.79 Å². The van der Waals surface area contributed by atoms with Crippen LogP contribution in [0.25, 0.3) is 6.08 Å². The molecule has 1 rings (SSSR count). The number of hydrogen-bond acceptors (Lipinski definition) is 2. The number of carboxylic acids is 1. The summed E-state index contributed by atoms with van der Waals surface area (Å²) in [5, 5.41) is 9.61. The smallest absolute Gasteiger partial charge is 0.371 e. The van der Waals surface area contributed by atoms with Gasteiger partial charge in [0.25, 0.3) is 0 Å². The second-order valence-corrected chi connectivity index (χ2v) is 3.89. The molecule has 0 heterocycles. The van der Waals surface area contributed by atoms with Gasteiger partial charge < -0.3 is 9.84 Å². The number of ether oxygens (including phenoxy) is 1. The molecule has 0 saturated carbocycles. The molecule has 0 radical (unpaired) electrons. The molecule has 0 fully saturated rings. The summed E-state index contributed by atoms with van der Waals surface area (Å²) in [5.41, 5.74) is 0.816. The molecule has 0 atom stereocenters. The van der Waals surface area contributed by atoms with E-state index >= 15 is 0 Å². The molecule has 0 aliphatic carbocycles. The largest absolute Gasteiger partial charge is 0.490 e. The standard InChI is InChI=1S/C12H10Cl2O3/c1-17-11(12(15)16)4-2-3-8-5-6-9(13)10(14)7-8/h2-7H,1H3,(H,15,16)/b3-2+,11-4-. The summed E-state index contributed by atoms with van der Waals surface area (Å²) in [6.45, 7) is 0. The highest BCUT2D eigenvalue weighted by molar-refractivity contribution is 6.42. The third kappa shape index (κ3) is 4.13. The Labute approximate surface area is 109 Å². The summed E-state index contributed by atoms with van der Waals surface area (Å²) in [7, 11) is 1.30. The fraction of sp³-hybridized carbons (Fsp3) is 0.0833. The first kappa shape index (κ1) is 13.6. The van der Waals surface area contributed by atoms with E-state index in [0.717, 1.165) is 5.56 Å². The van der Waals surface area contributed by atoms with E-state index in [4.69, 9.17) is 28.3 Å². The monoisotopic (exact) mass is 272 g/mol. The zero-order valence-electron chi connectivity index (χ0n) is 8.98. The Kier molecular flexibility index (Phi) is 5.07. The minimum atomic E-state index is -1.12. The summed E-state index contributed by atoms with van der Waals surface area (Å²) in [5.74, 6) is -1.26. The Morgan fingerprint density at radius 1 is 1.35 bits per heavy atom. The van der Waals surface area contributed by atoms with Crippen molar-refractivity contribution in [1.82, 2.24) is 0 Å². The number of aliphatic carboxylic acids is 1. The van der Waals surface area contributed by atoms with Gasteiger partial charge in [-0.05, 0) is 23.8 Å². The van der Waals surface area contributed by atoms with Crippen molar-refractivity contribution in [2.24, 2.45) is 0 Å². The van der Waals surface area contributed by atoms with Crippen LogP contribution in [-0.2, 0) is 9.53 Å². The molecular formula is C12H10Cl2O3. The number of carbonyl (C=O) groups is 1. The van der Waals surface area contributed by atoms with Crippen LogP contribution in [0, 0.1) is 0 Å². The number of methoxy groups -OCH3 is 1. The lowest BCUT2D eigenvalue weighted by molar-refractivity contribution is -0.136. The first-order valence-corrected chi connectivity index (χ1v) is 5.41. The van der Waals surface area contributed by atoms with Crippen LogP contribution in [0.2, 0.25) is 10.0 Å². The molecule has 1 aromatic carbocycles. The molecule has 0 saturated heterocycles. The van der Waals surface area contributed by atoms with Crippen molar-refractivity contribution in [3.8, 4) is 0 Å². The lowest BCUT2D eigenvalue weighted by atomic mass is 10.2. The molecule has 0 spiro atoms. The molecule has 0 aromatic heterocycles. The van der Waals surface area contributed by atoms with Crippen molar-refractivity contribution < 1.29 is 14.6 Å². The van der Waals surface area contributed by atoms with Gasteiger partial charge in [-0.2, -0.15) is 0 Å². The maximum Gasteiger partial charge on any atom is 0.371 e. The van der Waals surface area contributed by atoms with Gasteiger partial charge in [0, 0.05) is 0 Å². The van der Waals surface area contributed by atoms with E-state index in [1.165, 1.54) is 13.2 Å². The highest BCUT2D eigenvalue weighted by atomic mass is 35.5. The molecule has 0 unspecified atom stereocenters. The Morgan fingerprint density at radius 3 is 2.59 bits per heavy atom. The van der Waals surface area contributed by atoms with Crippen molar-refractivity contribution >= 4 is 35.2 Å². The third-order valence-corrected chi connectivity index (χ3v) is 2.65. The summed E-state index contributed by atoms with van der Waals surface area (Å²) in [4.78, 5) is 10.6. The zero-order chi connectivity index (χ0) is 12.8. The van der Waals surface area contributed by atoms with Crippen LogP contribution >= 0.6 is 23.2 Å². The van der Waals surface area contributed by atoms with E-state index < -0.39 is 5.97 Å². The number of benzene rings is 1. The fourth-order valence-electron chi connectivity index (χ4n) is 1.09. The van der Waals surface area contributed by atoms with Crippen LogP contribution < -0.4 is 0 Å². The van der Waals surface area contributed by atoms with Gasteiger partial charge in [0.15, 0.2) is 0 Å². The minimum absolute atomic E-state index is 0.138. The topological polar surface area (TPSA) is 46.5 Å². The number of halogens is 2. The van der Waals surface area contributed by atoms with Gasteiger partial charge in [0.1, 0.15) is 0 Å². The average Bonchev–Trinajstić information content (AvgIpc) is 2.28. The molecule has 1 aromatic rings. The minimum Gasteiger partial charge on any atom is -0.490 e. The van der Waals surface area contributed by atoms with Crippen molar-refractivity contribution in [3.05, 3.63) is 51.7 Å². The van der Waals surface area contributed by atoms with Crippen LogP contribution in [-0.4, -0.2) is 18.2 Å². The van der Waals surface area contributed by atoms with Crippen LogP contribution in [0.1, 0.15) is 5.56 Å². The predicted octanol–water partition coefficient (Wildman–Crippen LogP) is 3.62. The number of rotatable bonds is 4. The molecule has 0 bridgehead atoms. The Balaban J connectivity index is 2.84. The highest BCUT2D eigenvalue weighted by Gasteiger charge is 2.03. The number of carboxylic acid groups (broad SMARTS) is 1. The first-order chi connectivity index (χ1) is 8.04. The molecule has 90 valence electrons. The average molecular weight is 273 g/mol. The van der Waals surface area contributed by atoms with Crippen LogP contribution in [0.15, 0.2) is 36.1 Å². The van der Waals surface area contributed by atoms with E-state index in [1.807, 2.05) is 0 Å². The van der Waals surface area contributed by atoms with Crippen molar-refractivity contribution in [1.29, 1.82) is 0 Å². The summed E-state index contributed by atoms with van der Waals surface area (Å²) in [6, 6.07) is 5.12. The molecule has 0 aliphatic rings. The number of hydrogen-bond donors (Lipinski definition) is 1. The van der Waals surface area contributed by atoms with E-state index in [1.54, 1.807) is 30.4 Å². The van der Waals surface area contributed by atoms with Crippen molar-refractivity contribution in [3.63, 3.8) is 0 Å². The van der Waals surface area contributed by atoms with Crippen LogP contribution in [0.3, 0.4) is 0 Å². The normalized spacial score (nSPS) is 11.8. The zero-order valence-corrected chi connectivity index (χ0v) is 10.5. The number of allylic oxidation sites excluding steroid dienone is 2. The Hall–Kier alpha value is -1.45. The lowest BCUT2D eigenvalue weighted by Crippen LogP contribution is -2.01. The molecule has 17 heavy (non-hydrogen) atoms. The maximum absolute atomic E-state index is 10.6. The molecule has 5 heteroatoms.